The van der Waals surface area contributed by atoms with Crippen molar-refractivity contribution in [2.45, 2.75) is 19.4 Å². The van der Waals surface area contributed by atoms with Crippen molar-refractivity contribution in [2.75, 3.05) is 39.4 Å². The summed E-state index contributed by atoms with van der Waals surface area (Å²) in [6.07, 6.45) is -1.09. The van der Waals surface area contributed by atoms with Gasteiger partial charge in [-0.25, -0.2) is 9.59 Å². The Morgan fingerprint density at radius 2 is 1.88 bits per heavy atom. The maximum atomic E-state index is 12.1. The third kappa shape index (κ3) is 5.04. The van der Waals surface area contributed by atoms with Gasteiger partial charge in [0.25, 0.3) is 0 Å². The zero-order chi connectivity index (χ0) is 19.3. The molecule has 26 heavy (non-hydrogen) atoms. The van der Waals surface area contributed by atoms with Crippen LogP contribution in [0, 0.1) is 6.92 Å². The lowest BCUT2D eigenvalue weighted by atomic mass is 10.1. The molecule has 1 aromatic heterocycles. The van der Waals surface area contributed by atoms with Crippen LogP contribution in [-0.4, -0.2) is 88.5 Å². The molecule has 2 rings (SSSR count). The van der Waals surface area contributed by atoms with E-state index in [4.69, 9.17) is 9.84 Å². The van der Waals surface area contributed by atoms with Gasteiger partial charge in [-0.15, -0.1) is 0 Å². The predicted octanol–water partition coefficient (Wildman–Crippen LogP) is -0.929. The van der Waals surface area contributed by atoms with Crippen LogP contribution in [-0.2, 0) is 16.0 Å². The highest BCUT2D eigenvalue weighted by molar-refractivity contribution is 5.98. The van der Waals surface area contributed by atoms with Crippen LogP contribution in [0.25, 0.3) is 0 Å². The summed E-state index contributed by atoms with van der Waals surface area (Å²) in [7, 11) is 0. The van der Waals surface area contributed by atoms with Crippen molar-refractivity contribution in [2.24, 2.45) is 0 Å². The summed E-state index contributed by atoms with van der Waals surface area (Å²) < 4.78 is 5.22. The molecule has 1 aliphatic rings. The number of carboxylic acids is 2. The zero-order valence-corrected chi connectivity index (χ0v) is 14.4. The fourth-order valence-electron chi connectivity index (χ4n) is 2.90. The van der Waals surface area contributed by atoms with Crippen molar-refractivity contribution in [3.05, 3.63) is 22.5 Å². The number of hydrogen-bond acceptors (Lipinski definition) is 6. The Kier molecular flexibility index (Phi) is 6.72. The monoisotopic (exact) mass is 369 g/mol. The number of aliphatic hydroxyl groups excluding tert-OH is 1. The molecule has 144 valence electrons. The minimum absolute atomic E-state index is 0.0179. The van der Waals surface area contributed by atoms with Crippen molar-refractivity contribution >= 4 is 17.8 Å². The van der Waals surface area contributed by atoms with Gasteiger partial charge in [-0.05, 0) is 12.5 Å². The summed E-state index contributed by atoms with van der Waals surface area (Å²) in [5, 5.41) is 30.9. The standard InChI is InChI=1S/C16H23N3O7/c1-9-13(15(22)23)11(18-14(9)16(24)25)6-12(21)17-7-10(20)8-19-2-4-26-5-3-19/h10,18,20H,2-8H2,1H3,(H,17,21)(H,22,23)(H,24,25). The molecule has 10 nitrogen and oxygen atoms in total. The molecule has 2 heterocycles. The second-order valence-electron chi connectivity index (χ2n) is 6.14. The molecule has 0 radical (unpaired) electrons. The van der Waals surface area contributed by atoms with Crippen LogP contribution in [0.4, 0.5) is 0 Å². The van der Waals surface area contributed by atoms with E-state index >= 15 is 0 Å². The van der Waals surface area contributed by atoms with Crippen molar-refractivity contribution in [3.63, 3.8) is 0 Å². The fourth-order valence-corrected chi connectivity index (χ4v) is 2.90. The number of nitrogens with zero attached hydrogens (tertiary/aromatic N) is 1. The fraction of sp³-hybridized carbons (Fsp3) is 0.562. The number of aromatic carboxylic acids is 2. The number of rotatable bonds is 8. The van der Waals surface area contributed by atoms with Gasteiger partial charge >= 0.3 is 11.9 Å². The SMILES string of the molecule is Cc1c(C(=O)O)[nH]c(CC(=O)NCC(O)CN2CCOCC2)c1C(=O)O. The van der Waals surface area contributed by atoms with Gasteiger partial charge in [0.15, 0.2) is 0 Å². The molecule has 1 amide bonds. The number of carbonyl (C=O) groups excluding carboxylic acids is 1. The number of ether oxygens (including phenoxy) is 1. The van der Waals surface area contributed by atoms with Crippen molar-refractivity contribution < 1.29 is 34.4 Å². The van der Waals surface area contributed by atoms with Crippen molar-refractivity contribution in [1.82, 2.24) is 15.2 Å². The molecule has 1 unspecified atom stereocenters. The lowest BCUT2D eigenvalue weighted by Crippen LogP contribution is -2.44. The van der Waals surface area contributed by atoms with E-state index in [1.165, 1.54) is 6.92 Å². The summed E-state index contributed by atoms with van der Waals surface area (Å²) in [6.45, 7) is 4.43. The zero-order valence-electron chi connectivity index (χ0n) is 14.4. The van der Waals surface area contributed by atoms with Gasteiger partial charge in [0.2, 0.25) is 5.91 Å². The summed E-state index contributed by atoms with van der Waals surface area (Å²) in [5.74, 6) is -3.11. The highest BCUT2D eigenvalue weighted by Crippen LogP contribution is 2.19. The van der Waals surface area contributed by atoms with Crippen LogP contribution in [0.15, 0.2) is 0 Å². The van der Waals surface area contributed by atoms with E-state index in [9.17, 15) is 24.6 Å². The molecule has 1 aliphatic heterocycles. The normalized spacial score (nSPS) is 16.2. The number of aliphatic hydroxyl groups is 1. The summed E-state index contributed by atoms with van der Waals surface area (Å²) in [4.78, 5) is 39.0. The molecule has 10 heteroatoms. The van der Waals surface area contributed by atoms with E-state index in [-0.39, 0.29) is 35.5 Å². The van der Waals surface area contributed by atoms with Crippen LogP contribution in [0.1, 0.15) is 32.1 Å². The van der Waals surface area contributed by atoms with Crippen LogP contribution >= 0.6 is 0 Å². The molecule has 5 N–H and O–H groups in total. The Morgan fingerprint density at radius 3 is 2.46 bits per heavy atom. The first-order chi connectivity index (χ1) is 12.3. The Balaban J connectivity index is 1.91. The molecule has 0 bridgehead atoms. The number of morpholine rings is 1. The quantitative estimate of drug-likeness (QED) is 0.394. The van der Waals surface area contributed by atoms with E-state index in [2.05, 4.69) is 10.3 Å². The van der Waals surface area contributed by atoms with Gasteiger partial charge in [-0.2, -0.15) is 0 Å². The maximum Gasteiger partial charge on any atom is 0.352 e. The number of carboxylic acid groups (broad SMARTS) is 2. The van der Waals surface area contributed by atoms with E-state index in [1.807, 2.05) is 4.90 Å². The van der Waals surface area contributed by atoms with Gasteiger partial charge in [0.1, 0.15) is 5.69 Å². The van der Waals surface area contributed by atoms with Crippen LogP contribution in [0.3, 0.4) is 0 Å². The lowest BCUT2D eigenvalue weighted by Gasteiger charge is -2.28. The van der Waals surface area contributed by atoms with Crippen molar-refractivity contribution in [1.29, 1.82) is 0 Å². The Bertz CT molecular complexity index is 680. The number of aromatic nitrogens is 1. The average molecular weight is 369 g/mol. The molecular formula is C16H23N3O7. The number of amides is 1. The molecule has 0 aromatic carbocycles. The predicted molar refractivity (Wildman–Crippen MR) is 89.4 cm³/mol. The molecule has 1 atom stereocenters. The molecule has 0 aliphatic carbocycles. The van der Waals surface area contributed by atoms with Gasteiger partial charge in [0, 0.05) is 31.9 Å². The van der Waals surface area contributed by atoms with Crippen LogP contribution < -0.4 is 5.32 Å². The highest BCUT2D eigenvalue weighted by Gasteiger charge is 2.24. The van der Waals surface area contributed by atoms with Crippen LogP contribution in [0.2, 0.25) is 0 Å². The Hall–Kier alpha value is -2.43. The maximum absolute atomic E-state index is 12.1. The van der Waals surface area contributed by atoms with E-state index < -0.39 is 23.9 Å². The molecule has 0 saturated carbocycles. The Morgan fingerprint density at radius 1 is 1.23 bits per heavy atom. The lowest BCUT2D eigenvalue weighted by molar-refractivity contribution is -0.121. The number of hydrogen-bond donors (Lipinski definition) is 5. The topological polar surface area (TPSA) is 152 Å². The largest absolute Gasteiger partial charge is 0.478 e. The van der Waals surface area contributed by atoms with Gasteiger partial charge in [-0.3, -0.25) is 9.69 Å². The van der Waals surface area contributed by atoms with Gasteiger partial charge < -0.3 is 30.4 Å². The number of β-amino-alcohol motifs (C(OH)–C–C–N with tert-alkyl or cyclic N) is 1. The number of H-pyrrole nitrogens is 1. The Labute approximate surface area is 149 Å². The van der Waals surface area contributed by atoms with Gasteiger partial charge in [0.05, 0.1) is 31.3 Å². The molecule has 0 spiro atoms. The number of nitrogens with one attached hydrogen (secondary N) is 2. The molecule has 1 saturated heterocycles. The van der Waals surface area contributed by atoms with Crippen molar-refractivity contribution in [3.8, 4) is 0 Å². The first kappa shape index (κ1) is 19.9. The van der Waals surface area contributed by atoms with Gasteiger partial charge in [-0.1, -0.05) is 0 Å². The molecular weight excluding hydrogens is 346 g/mol. The molecule has 1 aromatic rings. The smallest absolute Gasteiger partial charge is 0.352 e. The second-order valence-corrected chi connectivity index (χ2v) is 6.14. The summed E-state index contributed by atoms with van der Waals surface area (Å²) >= 11 is 0. The van der Waals surface area contributed by atoms with E-state index in [0.717, 1.165) is 0 Å². The summed E-state index contributed by atoms with van der Waals surface area (Å²) in [6, 6.07) is 0. The van der Waals surface area contributed by atoms with E-state index in [0.29, 0.717) is 32.8 Å². The minimum Gasteiger partial charge on any atom is -0.478 e. The number of carbonyl (C=O) groups is 3. The summed E-state index contributed by atoms with van der Waals surface area (Å²) in [5.41, 5.74) is -0.378. The third-order valence-electron chi connectivity index (χ3n) is 4.20. The highest BCUT2D eigenvalue weighted by atomic mass is 16.5. The third-order valence-corrected chi connectivity index (χ3v) is 4.20. The number of aromatic amines is 1. The average Bonchev–Trinajstić information content (AvgIpc) is 2.90. The van der Waals surface area contributed by atoms with Crippen LogP contribution in [0.5, 0.6) is 0 Å². The first-order valence-electron chi connectivity index (χ1n) is 8.22. The minimum atomic E-state index is -1.30. The molecule has 1 fully saturated rings. The van der Waals surface area contributed by atoms with E-state index in [1.54, 1.807) is 0 Å². The first-order valence-corrected chi connectivity index (χ1v) is 8.22. The second kappa shape index (κ2) is 8.79.